The van der Waals surface area contributed by atoms with Crippen molar-refractivity contribution in [2.45, 2.75) is 38.3 Å². The summed E-state index contributed by atoms with van der Waals surface area (Å²) in [4.78, 5) is 13.3. The lowest BCUT2D eigenvalue weighted by Crippen LogP contribution is -2.12. The number of azide groups is 1. The molecule has 66 valence electrons. The summed E-state index contributed by atoms with van der Waals surface area (Å²) in [6.45, 7) is 1.39. The molecule has 0 aromatic carbocycles. The molecule has 1 rings (SSSR count). The minimum absolute atomic E-state index is 0.0133. The zero-order valence-corrected chi connectivity index (χ0v) is 6.93. The average molecular weight is 169 g/mol. The quantitative estimate of drug-likeness (QED) is 0.273. The van der Waals surface area contributed by atoms with E-state index in [0.29, 0.717) is 6.42 Å². The van der Waals surface area contributed by atoms with E-state index < -0.39 is 0 Å². The molecule has 12 heavy (non-hydrogen) atoms. The molecular weight excluding hydrogens is 158 g/mol. The molecule has 5 nitrogen and oxygen atoms in total. The fourth-order valence-electron chi connectivity index (χ4n) is 1.44. The molecule has 5 heteroatoms. The first-order valence-corrected chi connectivity index (χ1v) is 3.94. The highest BCUT2D eigenvalue weighted by atomic mass is 16.5. The summed E-state index contributed by atoms with van der Waals surface area (Å²) in [5.74, 6) is -0.262. The van der Waals surface area contributed by atoms with E-state index in [-0.39, 0.29) is 18.1 Å². The van der Waals surface area contributed by atoms with Crippen molar-refractivity contribution in [1.29, 1.82) is 0 Å². The number of esters is 1. The number of carbonyl (C=O) groups is 1. The second kappa shape index (κ2) is 3.97. The van der Waals surface area contributed by atoms with Gasteiger partial charge in [0.05, 0.1) is 0 Å². The first-order chi connectivity index (χ1) is 5.72. The van der Waals surface area contributed by atoms with Gasteiger partial charge < -0.3 is 4.74 Å². The van der Waals surface area contributed by atoms with E-state index in [9.17, 15) is 4.79 Å². The third-order valence-electron chi connectivity index (χ3n) is 1.90. The van der Waals surface area contributed by atoms with Crippen LogP contribution in [0.1, 0.15) is 26.2 Å². The van der Waals surface area contributed by atoms with Crippen molar-refractivity contribution < 1.29 is 9.53 Å². The van der Waals surface area contributed by atoms with E-state index in [4.69, 9.17) is 10.3 Å². The average Bonchev–Trinajstić information content (AvgIpc) is 2.36. The highest BCUT2D eigenvalue weighted by molar-refractivity contribution is 5.66. The van der Waals surface area contributed by atoms with E-state index >= 15 is 0 Å². The van der Waals surface area contributed by atoms with Crippen molar-refractivity contribution >= 4 is 5.97 Å². The van der Waals surface area contributed by atoms with Gasteiger partial charge in [0.25, 0.3) is 0 Å². The van der Waals surface area contributed by atoms with Crippen molar-refractivity contribution in [3.63, 3.8) is 0 Å². The van der Waals surface area contributed by atoms with Crippen molar-refractivity contribution in [1.82, 2.24) is 0 Å². The van der Waals surface area contributed by atoms with Gasteiger partial charge in [0.2, 0.25) is 0 Å². The summed E-state index contributed by atoms with van der Waals surface area (Å²) in [7, 11) is 0. The van der Waals surface area contributed by atoms with Crippen LogP contribution in [0, 0.1) is 0 Å². The molecule has 0 N–H and O–H groups in total. The van der Waals surface area contributed by atoms with E-state index in [1.54, 1.807) is 0 Å². The molecule has 0 amide bonds. The maximum Gasteiger partial charge on any atom is 0.302 e. The second-order valence-corrected chi connectivity index (χ2v) is 2.90. The predicted octanol–water partition coefficient (Wildman–Crippen LogP) is 1.78. The standard InChI is InChI=1S/C7H11N3O2/c1-5(11)12-7-3-2-6(4-7)9-10-8/h6-7H,2-4H2,1H3/t6-,7-/m1/s1. The molecule has 1 fully saturated rings. The number of ether oxygens (including phenoxy) is 1. The van der Waals surface area contributed by atoms with Crippen LogP contribution in [0.5, 0.6) is 0 Å². The normalized spacial score (nSPS) is 27.8. The van der Waals surface area contributed by atoms with Crippen LogP contribution >= 0.6 is 0 Å². The third kappa shape index (κ3) is 2.43. The minimum atomic E-state index is -0.262. The number of carbonyl (C=O) groups excluding carboxylic acids is 1. The largest absolute Gasteiger partial charge is 0.463 e. The summed E-state index contributed by atoms with van der Waals surface area (Å²) >= 11 is 0. The van der Waals surface area contributed by atoms with Crippen LogP contribution in [0.2, 0.25) is 0 Å². The van der Waals surface area contributed by atoms with Gasteiger partial charge in [-0.25, -0.2) is 0 Å². The van der Waals surface area contributed by atoms with Gasteiger partial charge in [-0.3, -0.25) is 4.79 Å². The molecule has 2 atom stereocenters. The third-order valence-corrected chi connectivity index (χ3v) is 1.90. The van der Waals surface area contributed by atoms with E-state index in [0.717, 1.165) is 12.8 Å². The Labute approximate surface area is 70.3 Å². The molecule has 0 radical (unpaired) electrons. The highest BCUT2D eigenvalue weighted by Crippen LogP contribution is 2.24. The Hall–Kier alpha value is -1.22. The molecule has 1 saturated carbocycles. The molecule has 0 bridgehead atoms. The van der Waals surface area contributed by atoms with Crippen LogP contribution in [-0.4, -0.2) is 18.1 Å². The van der Waals surface area contributed by atoms with Crippen LogP contribution in [-0.2, 0) is 9.53 Å². The van der Waals surface area contributed by atoms with Gasteiger partial charge in [-0.05, 0) is 24.8 Å². The molecule has 0 saturated heterocycles. The Balaban J connectivity index is 2.35. The SMILES string of the molecule is CC(=O)O[C@@H]1CC[C@@H](N=[N+]=[N-])C1. The topological polar surface area (TPSA) is 75.1 Å². The molecule has 0 aromatic heterocycles. The smallest absolute Gasteiger partial charge is 0.302 e. The Morgan fingerprint density at radius 2 is 2.42 bits per heavy atom. The van der Waals surface area contributed by atoms with Crippen LogP contribution < -0.4 is 0 Å². The zero-order chi connectivity index (χ0) is 8.97. The lowest BCUT2D eigenvalue weighted by atomic mass is 10.3. The van der Waals surface area contributed by atoms with Crippen molar-refractivity contribution in [2.75, 3.05) is 0 Å². The van der Waals surface area contributed by atoms with Gasteiger partial charge >= 0.3 is 5.97 Å². The van der Waals surface area contributed by atoms with Crippen LogP contribution in [0.25, 0.3) is 10.4 Å². The summed E-state index contributed by atoms with van der Waals surface area (Å²) in [5, 5.41) is 3.57. The summed E-state index contributed by atoms with van der Waals surface area (Å²) < 4.78 is 4.97. The summed E-state index contributed by atoms with van der Waals surface area (Å²) in [6, 6.07) is 0.0133. The van der Waals surface area contributed by atoms with Gasteiger partial charge in [0.15, 0.2) is 0 Å². The van der Waals surface area contributed by atoms with E-state index in [2.05, 4.69) is 10.0 Å². The molecule has 0 unspecified atom stereocenters. The van der Waals surface area contributed by atoms with Crippen molar-refractivity contribution in [3.05, 3.63) is 10.4 Å². The Bertz CT molecular complexity index is 223. The van der Waals surface area contributed by atoms with Gasteiger partial charge in [0.1, 0.15) is 6.10 Å². The predicted molar refractivity (Wildman–Crippen MR) is 42.3 cm³/mol. The van der Waals surface area contributed by atoms with Crippen LogP contribution in [0.4, 0.5) is 0 Å². The van der Waals surface area contributed by atoms with Crippen LogP contribution in [0.15, 0.2) is 5.11 Å². The summed E-state index contributed by atoms with van der Waals surface area (Å²) in [5.41, 5.74) is 8.15. The Kier molecular flexibility index (Phi) is 2.94. The van der Waals surface area contributed by atoms with Crippen molar-refractivity contribution in [3.8, 4) is 0 Å². The molecule has 1 aliphatic rings. The monoisotopic (exact) mass is 169 g/mol. The highest BCUT2D eigenvalue weighted by Gasteiger charge is 2.25. The molecule has 1 aliphatic carbocycles. The number of hydrogen-bond donors (Lipinski definition) is 0. The second-order valence-electron chi connectivity index (χ2n) is 2.90. The number of rotatable bonds is 2. The molecular formula is C7H11N3O2. The maximum atomic E-state index is 10.5. The Morgan fingerprint density at radius 1 is 1.67 bits per heavy atom. The first-order valence-electron chi connectivity index (χ1n) is 3.94. The first kappa shape index (κ1) is 8.87. The number of hydrogen-bond acceptors (Lipinski definition) is 3. The lowest BCUT2D eigenvalue weighted by Gasteiger charge is -2.08. The Morgan fingerprint density at radius 3 is 3.00 bits per heavy atom. The summed E-state index contributed by atoms with van der Waals surface area (Å²) in [6.07, 6.45) is 2.26. The molecule has 0 heterocycles. The molecule has 0 spiro atoms. The van der Waals surface area contributed by atoms with E-state index in [1.807, 2.05) is 0 Å². The van der Waals surface area contributed by atoms with Gasteiger partial charge in [-0.2, -0.15) is 0 Å². The molecule has 0 aromatic rings. The maximum absolute atomic E-state index is 10.5. The zero-order valence-electron chi connectivity index (χ0n) is 6.93. The van der Waals surface area contributed by atoms with Gasteiger partial charge in [-0.1, -0.05) is 5.11 Å². The van der Waals surface area contributed by atoms with Crippen molar-refractivity contribution in [2.24, 2.45) is 5.11 Å². The van der Waals surface area contributed by atoms with Gasteiger partial charge in [0, 0.05) is 17.9 Å². The fourth-order valence-corrected chi connectivity index (χ4v) is 1.44. The van der Waals surface area contributed by atoms with Crippen LogP contribution in [0.3, 0.4) is 0 Å². The fraction of sp³-hybridized carbons (Fsp3) is 0.857. The molecule has 0 aliphatic heterocycles. The van der Waals surface area contributed by atoms with Gasteiger partial charge in [-0.15, -0.1) is 0 Å². The van der Waals surface area contributed by atoms with E-state index in [1.165, 1.54) is 6.92 Å². The minimum Gasteiger partial charge on any atom is -0.463 e. The lowest BCUT2D eigenvalue weighted by molar-refractivity contribution is -0.145. The number of nitrogens with zero attached hydrogens (tertiary/aromatic N) is 3.